The van der Waals surface area contributed by atoms with Gasteiger partial charge in [0.1, 0.15) is 5.82 Å². The molecule has 0 aliphatic heterocycles. The molecule has 0 saturated carbocycles. The average Bonchev–Trinajstić information content (AvgIpc) is 2.42. The lowest BCUT2D eigenvalue weighted by molar-refractivity contribution is 0.808. The van der Waals surface area contributed by atoms with Crippen molar-refractivity contribution in [3.63, 3.8) is 0 Å². The molecule has 0 unspecified atom stereocenters. The van der Waals surface area contributed by atoms with Crippen LogP contribution in [-0.4, -0.2) is 18.1 Å². The monoisotopic (exact) mass is 383 g/mol. The molecule has 0 bridgehead atoms. The van der Waals surface area contributed by atoms with Gasteiger partial charge in [-0.1, -0.05) is 18.2 Å². The van der Waals surface area contributed by atoms with Gasteiger partial charge in [-0.3, -0.25) is 0 Å². The van der Waals surface area contributed by atoms with Crippen molar-refractivity contribution in [1.29, 1.82) is 0 Å². The lowest BCUT2D eigenvalue weighted by Gasteiger charge is -2.24. The maximum atomic E-state index is 5.63. The zero-order valence-corrected chi connectivity index (χ0v) is 13.6. The van der Waals surface area contributed by atoms with Gasteiger partial charge >= 0.3 is 0 Å². The van der Waals surface area contributed by atoms with Crippen LogP contribution in [0.25, 0.3) is 0 Å². The summed E-state index contributed by atoms with van der Waals surface area (Å²) in [6.45, 7) is 1.51. The van der Waals surface area contributed by atoms with E-state index in [0.717, 1.165) is 33.4 Å². The maximum absolute atomic E-state index is 5.63. The van der Waals surface area contributed by atoms with Crippen molar-refractivity contribution in [2.24, 2.45) is 5.73 Å². The van der Waals surface area contributed by atoms with Gasteiger partial charge < -0.3 is 10.6 Å². The Balaban J connectivity index is 2.37. The number of aromatic nitrogens is 1. The zero-order chi connectivity index (χ0) is 13.7. The Morgan fingerprint density at radius 1 is 1.16 bits per heavy atom. The molecule has 0 aliphatic carbocycles. The SMILES string of the molecule is NCCCN(c1ccccc1)c1ncc(Br)cc1Br. The lowest BCUT2D eigenvalue weighted by atomic mass is 10.2. The molecule has 2 rings (SSSR count). The third kappa shape index (κ3) is 3.78. The second-order valence-electron chi connectivity index (χ2n) is 4.09. The van der Waals surface area contributed by atoms with Crippen LogP contribution < -0.4 is 10.6 Å². The van der Waals surface area contributed by atoms with Crippen LogP contribution in [0.2, 0.25) is 0 Å². The van der Waals surface area contributed by atoms with Crippen molar-refractivity contribution >= 4 is 43.4 Å². The van der Waals surface area contributed by atoms with Crippen molar-refractivity contribution in [1.82, 2.24) is 4.98 Å². The van der Waals surface area contributed by atoms with Crippen molar-refractivity contribution < 1.29 is 0 Å². The Morgan fingerprint density at radius 2 is 1.89 bits per heavy atom. The Kier molecular flexibility index (Phi) is 5.36. The van der Waals surface area contributed by atoms with Gasteiger partial charge in [0.15, 0.2) is 0 Å². The molecule has 0 radical (unpaired) electrons. The van der Waals surface area contributed by atoms with E-state index in [2.05, 4.69) is 53.9 Å². The third-order valence-electron chi connectivity index (χ3n) is 2.70. The van der Waals surface area contributed by atoms with E-state index < -0.39 is 0 Å². The molecule has 0 spiro atoms. The van der Waals surface area contributed by atoms with Crippen molar-refractivity contribution in [2.45, 2.75) is 6.42 Å². The standard InChI is InChI=1S/C14H15Br2N3/c15-11-9-13(16)14(18-10-11)19(8-4-7-17)12-5-2-1-3-6-12/h1-3,5-6,9-10H,4,7-8,17H2. The summed E-state index contributed by atoms with van der Waals surface area (Å²) in [5.74, 6) is 0.905. The van der Waals surface area contributed by atoms with Gasteiger partial charge in [0.25, 0.3) is 0 Å². The number of nitrogens with two attached hydrogens (primary N) is 1. The van der Waals surface area contributed by atoms with Gasteiger partial charge in [0.05, 0.1) is 4.47 Å². The van der Waals surface area contributed by atoms with E-state index in [1.54, 1.807) is 6.20 Å². The second kappa shape index (κ2) is 7.03. The second-order valence-corrected chi connectivity index (χ2v) is 5.86. The Labute approximate surface area is 130 Å². The van der Waals surface area contributed by atoms with Gasteiger partial charge in [0.2, 0.25) is 0 Å². The Bertz CT molecular complexity index is 531. The van der Waals surface area contributed by atoms with Gasteiger partial charge in [0, 0.05) is 22.9 Å². The van der Waals surface area contributed by atoms with E-state index in [-0.39, 0.29) is 0 Å². The molecular weight excluding hydrogens is 370 g/mol. The fourth-order valence-corrected chi connectivity index (χ4v) is 3.02. The molecule has 1 aromatic carbocycles. The molecule has 1 heterocycles. The molecular formula is C14H15Br2N3. The van der Waals surface area contributed by atoms with Crippen LogP contribution in [0.1, 0.15) is 6.42 Å². The summed E-state index contributed by atoms with van der Waals surface area (Å²) in [6.07, 6.45) is 2.72. The number of hydrogen-bond donors (Lipinski definition) is 1. The normalized spacial score (nSPS) is 10.5. The predicted molar refractivity (Wildman–Crippen MR) is 86.8 cm³/mol. The molecule has 5 heteroatoms. The number of rotatable bonds is 5. The third-order valence-corrected chi connectivity index (χ3v) is 3.72. The van der Waals surface area contributed by atoms with E-state index in [9.17, 15) is 0 Å². The first-order valence-electron chi connectivity index (χ1n) is 6.06. The number of halogens is 2. The summed E-state index contributed by atoms with van der Waals surface area (Å²) < 4.78 is 1.91. The molecule has 3 nitrogen and oxygen atoms in total. The quantitative estimate of drug-likeness (QED) is 0.843. The summed E-state index contributed by atoms with van der Waals surface area (Å²) in [7, 11) is 0. The van der Waals surface area contributed by atoms with E-state index in [4.69, 9.17) is 5.73 Å². The summed E-state index contributed by atoms with van der Waals surface area (Å²) in [5, 5.41) is 0. The van der Waals surface area contributed by atoms with Crippen LogP contribution in [0, 0.1) is 0 Å². The largest absolute Gasteiger partial charge is 0.330 e. The highest BCUT2D eigenvalue weighted by Crippen LogP contribution is 2.31. The van der Waals surface area contributed by atoms with Crippen LogP contribution in [0.3, 0.4) is 0 Å². The Morgan fingerprint density at radius 3 is 2.53 bits per heavy atom. The smallest absolute Gasteiger partial charge is 0.147 e. The molecule has 2 N–H and O–H groups in total. The minimum atomic E-state index is 0.664. The van der Waals surface area contributed by atoms with Crippen molar-refractivity contribution in [3.8, 4) is 0 Å². The van der Waals surface area contributed by atoms with E-state index in [1.807, 2.05) is 24.3 Å². The first kappa shape index (κ1) is 14.5. The highest BCUT2D eigenvalue weighted by atomic mass is 79.9. The Hall–Kier alpha value is -0.910. The minimum Gasteiger partial charge on any atom is -0.330 e. The topological polar surface area (TPSA) is 42.1 Å². The van der Waals surface area contributed by atoms with E-state index >= 15 is 0 Å². The fourth-order valence-electron chi connectivity index (χ4n) is 1.82. The van der Waals surface area contributed by atoms with Crippen LogP contribution >= 0.6 is 31.9 Å². The summed E-state index contributed by atoms with van der Waals surface area (Å²) in [5.41, 5.74) is 6.75. The van der Waals surface area contributed by atoms with E-state index in [0.29, 0.717) is 6.54 Å². The van der Waals surface area contributed by atoms with Gasteiger partial charge in [-0.05, 0) is 63.0 Å². The van der Waals surface area contributed by atoms with Crippen LogP contribution in [-0.2, 0) is 0 Å². The van der Waals surface area contributed by atoms with Gasteiger partial charge in [-0.2, -0.15) is 0 Å². The number of nitrogens with zero attached hydrogens (tertiary/aromatic N) is 2. The number of hydrogen-bond acceptors (Lipinski definition) is 3. The van der Waals surface area contributed by atoms with Gasteiger partial charge in [-0.25, -0.2) is 4.98 Å². The molecule has 0 atom stereocenters. The van der Waals surface area contributed by atoms with E-state index in [1.165, 1.54) is 0 Å². The predicted octanol–water partition coefficient (Wildman–Crippen LogP) is 4.09. The lowest BCUT2D eigenvalue weighted by Crippen LogP contribution is -2.22. The number of para-hydroxylation sites is 1. The molecule has 0 aliphatic rings. The first-order chi connectivity index (χ1) is 9.22. The first-order valence-corrected chi connectivity index (χ1v) is 7.64. The highest BCUT2D eigenvalue weighted by molar-refractivity contribution is 9.11. The van der Waals surface area contributed by atoms with Crippen LogP contribution in [0.5, 0.6) is 0 Å². The average molecular weight is 385 g/mol. The summed E-state index contributed by atoms with van der Waals surface area (Å²) >= 11 is 6.99. The summed E-state index contributed by atoms with van der Waals surface area (Å²) in [4.78, 5) is 6.67. The molecule has 2 aromatic rings. The van der Waals surface area contributed by atoms with Gasteiger partial charge in [-0.15, -0.1) is 0 Å². The van der Waals surface area contributed by atoms with Crippen molar-refractivity contribution in [2.75, 3.05) is 18.0 Å². The van der Waals surface area contributed by atoms with Crippen LogP contribution in [0.15, 0.2) is 51.5 Å². The summed E-state index contributed by atoms with van der Waals surface area (Å²) in [6, 6.07) is 12.2. The number of anilines is 2. The number of benzene rings is 1. The molecule has 19 heavy (non-hydrogen) atoms. The molecule has 1 aromatic heterocycles. The maximum Gasteiger partial charge on any atom is 0.147 e. The molecule has 0 amide bonds. The number of pyridine rings is 1. The molecule has 0 saturated heterocycles. The van der Waals surface area contributed by atoms with Crippen LogP contribution in [0.4, 0.5) is 11.5 Å². The van der Waals surface area contributed by atoms with Crippen molar-refractivity contribution in [3.05, 3.63) is 51.5 Å². The zero-order valence-electron chi connectivity index (χ0n) is 10.4. The molecule has 100 valence electrons. The molecule has 0 fully saturated rings. The highest BCUT2D eigenvalue weighted by Gasteiger charge is 2.13. The fraction of sp³-hybridized carbons (Fsp3) is 0.214. The minimum absolute atomic E-state index is 0.664.